The molecule has 1 aromatic heterocycles. The molecule has 3 aromatic carbocycles. The van der Waals surface area contributed by atoms with Gasteiger partial charge in [0.05, 0.1) is 21.3 Å². The van der Waals surface area contributed by atoms with Crippen LogP contribution in [0.3, 0.4) is 0 Å². The minimum absolute atomic E-state index is 0.182. The smallest absolute Gasteiger partial charge is 0.262 e. The minimum atomic E-state index is -0.413. The number of anilines is 1. The molecule has 0 saturated carbocycles. The number of carbonyl (C=O) groups excluding carboxylic acids is 1. The van der Waals surface area contributed by atoms with Gasteiger partial charge in [0.25, 0.3) is 5.91 Å². The van der Waals surface area contributed by atoms with Crippen LogP contribution in [0.2, 0.25) is 20.1 Å². The van der Waals surface area contributed by atoms with Gasteiger partial charge in [0.15, 0.2) is 17.9 Å². The number of para-hydroxylation sites is 1. The first-order chi connectivity index (χ1) is 14.4. The zero-order valence-corrected chi connectivity index (χ0v) is 18.1. The van der Waals surface area contributed by atoms with Gasteiger partial charge in [0.2, 0.25) is 5.89 Å². The van der Waals surface area contributed by atoms with E-state index in [1.807, 2.05) is 6.07 Å². The number of nitrogens with zero attached hydrogens (tertiary/aromatic N) is 1. The maximum absolute atomic E-state index is 12.5. The topological polar surface area (TPSA) is 64.4 Å². The SMILES string of the molecule is O=C(COc1c(Cl)cc(Cl)cc1Cl)Nc1ccccc1-c1nc2cc(Cl)ccc2o1. The molecule has 0 bridgehead atoms. The van der Waals surface area contributed by atoms with E-state index in [0.717, 1.165) is 0 Å². The van der Waals surface area contributed by atoms with E-state index >= 15 is 0 Å². The van der Waals surface area contributed by atoms with Crippen molar-refractivity contribution in [1.29, 1.82) is 0 Å². The lowest BCUT2D eigenvalue weighted by Gasteiger charge is -2.12. The highest BCUT2D eigenvalue weighted by atomic mass is 35.5. The summed E-state index contributed by atoms with van der Waals surface area (Å²) in [5.74, 6) is 0.124. The Bertz CT molecular complexity index is 1230. The zero-order chi connectivity index (χ0) is 21.3. The number of halogens is 4. The van der Waals surface area contributed by atoms with E-state index in [4.69, 9.17) is 55.6 Å². The molecule has 1 heterocycles. The molecule has 0 saturated heterocycles. The molecule has 30 heavy (non-hydrogen) atoms. The molecule has 9 heteroatoms. The van der Waals surface area contributed by atoms with Crippen LogP contribution in [-0.2, 0) is 4.79 Å². The Hall–Kier alpha value is -2.44. The summed E-state index contributed by atoms with van der Waals surface area (Å²) in [6.45, 7) is -0.307. The molecule has 0 atom stereocenters. The first-order valence-electron chi connectivity index (χ1n) is 8.63. The normalized spacial score (nSPS) is 10.9. The second kappa shape index (κ2) is 8.74. The van der Waals surface area contributed by atoms with Crippen LogP contribution in [0.25, 0.3) is 22.6 Å². The summed E-state index contributed by atoms with van der Waals surface area (Å²) < 4.78 is 11.3. The monoisotopic (exact) mass is 480 g/mol. The fraction of sp³-hybridized carbons (Fsp3) is 0.0476. The van der Waals surface area contributed by atoms with Crippen LogP contribution >= 0.6 is 46.4 Å². The van der Waals surface area contributed by atoms with Gasteiger partial charge in [-0.05, 0) is 42.5 Å². The third-order valence-electron chi connectivity index (χ3n) is 4.09. The third-order valence-corrected chi connectivity index (χ3v) is 5.11. The number of hydrogen-bond acceptors (Lipinski definition) is 4. The van der Waals surface area contributed by atoms with Gasteiger partial charge in [-0.3, -0.25) is 4.79 Å². The summed E-state index contributed by atoms with van der Waals surface area (Å²) >= 11 is 24.0. The van der Waals surface area contributed by atoms with Crippen LogP contribution in [0, 0.1) is 0 Å². The first-order valence-corrected chi connectivity index (χ1v) is 10.1. The standard InChI is InChI=1S/C21H12Cl4N2O3/c22-11-5-6-18-17(9-11)27-21(30-18)13-3-1-2-4-16(13)26-19(28)10-29-20-14(24)7-12(23)8-15(20)25/h1-9H,10H2,(H,26,28). The maximum atomic E-state index is 12.5. The van der Waals surface area contributed by atoms with E-state index in [9.17, 15) is 4.79 Å². The lowest BCUT2D eigenvalue weighted by molar-refractivity contribution is -0.118. The second-order valence-electron chi connectivity index (χ2n) is 6.21. The molecule has 5 nitrogen and oxygen atoms in total. The number of nitrogens with one attached hydrogen (secondary N) is 1. The van der Waals surface area contributed by atoms with Crippen molar-refractivity contribution in [2.45, 2.75) is 0 Å². The van der Waals surface area contributed by atoms with Gasteiger partial charge in [-0.25, -0.2) is 4.98 Å². The molecule has 1 N–H and O–H groups in total. The van der Waals surface area contributed by atoms with Crippen molar-refractivity contribution in [3.8, 4) is 17.2 Å². The van der Waals surface area contributed by atoms with Gasteiger partial charge in [-0.2, -0.15) is 0 Å². The predicted molar refractivity (Wildman–Crippen MR) is 120 cm³/mol. The van der Waals surface area contributed by atoms with Crippen LogP contribution in [0.4, 0.5) is 5.69 Å². The Morgan fingerprint density at radius 2 is 1.70 bits per heavy atom. The quantitative estimate of drug-likeness (QED) is 0.329. The summed E-state index contributed by atoms with van der Waals surface area (Å²) in [6, 6.07) is 15.3. The number of benzene rings is 3. The van der Waals surface area contributed by atoms with Crippen molar-refractivity contribution in [3.63, 3.8) is 0 Å². The Labute approximate surface area is 191 Å². The molecule has 4 rings (SSSR count). The van der Waals surface area contributed by atoms with E-state index in [0.29, 0.717) is 38.3 Å². The van der Waals surface area contributed by atoms with E-state index in [2.05, 4.69) is 10.3 Å². The molecular weight excluding hydrogens is 470 g/mol. The van der Waals surface area contributed by atoms with Crippen molar-refractivity contribution < 1.29 is 13.9 Å². The number of ether oxygens (including phenoxy) is 1. The lowest BCUT2D eigenvalue weighted by atomic mass is 10.1. The minimum Gasteiger partial charge on any atom is -0.481 e. The summed E-state index contributed by atoms with van der Waals surface area (Å²) in [5, 5.41) is 4.14. The fourth-order valence-electron chi connectivity index (χ4n) is 2.79. The van der Waals surface area contributed by atoms with Gasteiger partial charge < -0.3 is 14.5 Å². The number of aromatic nitrogens is 1. The van der Waals surface area contributed by atoms with Gasteiger partial charge in [0, 0.05) is 10.0 Å². The third kappa shape index (κ3) is 4.50. The van der Waals surface area contributed by atoms with Crippen LogP contribution in [0.1, 0.15) is 0 Å². The van der Waals surface area contributed by atoms with Crippen molar-refractivity contribution in [2.24, 2.45) is 0 Å². The number of amides is 1. The molecule has 1 amide bonds. The van der Waals surface area contributed by atoms with Crippen LogP contribution < -0.4 is 10.1 Å². The first kappa shape index (κ1) is 20.8. The molecule has 0 fully saturated rings. The average Bonchev–Trinajstić information content (AvgIpc) is 3.10. The maximum Gasteiger partial charge on any atom is 0.262 e. The van der Waals surface area contributed by atoms with Gasteiger partial charge in [-0.15, -0.1) is 0 Å². The van der Waals surface area contributed by atoms with Crippen LogP contribution in [0.15, 0.2) is 59.0 Å². The Balaban J connectivity index is 1.53. The van der Waals surface area contributed by atoms with E-state index in [-0.39, 0.29) is 22.4 Å². The fourth-order valence-corrected chi connectivity index (χ4v) is 3.88. The highest BCUT2D eigenvalue weighted by Gasteiger charge is 2.16. The molecule has 0 aliphatic heterocycles. The summed E-state index contributed by atoms with van der Waals surface area (Å²) in [4.78, 5) is 16.9. The number of oxazole rings is 1. The molecular formula is C21H12Cl4N2O3. The number of carbonyl (C=O) groups is 1. The van der Waals surface area contributed by atoms with E-state index in [1.165, 1.54) is 12.1 Å². The van der Waals surface area contributed by atoms with Crippen LogP contribution in [0.5, 0.6) is 5.75 Å². The Morgan fingerprint density at radius 3 is 2.47 bits per heavy atom. The van der Waals surface area contributed by atoms with Gasteiger partial charge >= 0.3 is 0 Å². The summed E-state index contributed by atoms with van der Waals surface area (Å²) in [5.41, 5.74) is 2.33. The second-order valence-corrected chi connectivity index (χ2v) is 7.90. The highest BCUT2D eigenvalue weighted by Crippen LogP contribution is 2.36. The number of fused-ring (bicyclic) bond motifs is 1. The molecule has 0 radical (unpaired) electrons. The van der Waals surface area contributed by atoms with Crippen molar-refractivity contribution in [1.82, 2.24) is 4.98 Å². The summed E-state index contributed by atoms with van der Waals surface area (Å²) in [6.07, 6.45) is 0. The number of rotatable bonds is 5. The zero-order valence-electron chi connectivity index (χ0n) is 15.1. The molecule has 0 spiro atoms. The molecule has 152 valence electrons. The molecule has 0 aliphatic carbocycles. The average molecular weight is 482 g/mol. The number of hydrogen-bond donors (Lipinski definition) is 1. The predicted octanol–water partition coefficient (Wildman–Crippen LogP) is 7.13. The van der Waals surface area contributed by atoms with E-state index < -0.39 is 5.91 Å². The van der Waals surface area contributed by atoms with Crippen molar-refractivity contribution >= 4 is 69.1 Å². The Morgan fingerprint density at radius 1 is 0.967 bits per heavy atom. The van der Waals surface area contributed by atoms with Crippen molar-refractivity contribution in [3.05, 3.63) is 74.7 Å². The van der Waals surface area contributed by atoms with Crippen LogP contribution in [-0.4, -0.2) is 17.5 Å². The van der Waals surface area contributed by atoms with Gasteiger partial charge in [-0.1, -0.05) is 58.5 Å². The lowest BCUT2D eigenvalue weighted by Crippen LogP contribution is -2.20. The highest BCUT2D eigenvalue weighted by molar-refractivity contribution is 6.40. The molecule has 0 aliphatic rings. The van der Waals surface area contributed by atoms with E-state index in [1.54, 1.807) is 36.4 Å². The summed E-state index contributed by atoms with van der Waals surface area (Å²) in [7, 11) is 0. The van der Waals surface area contributed by atoms with Crippen molar-refractivity contribution in [2.75, 3.05) is 11.9 Å². The largest absolute Gasteiger partial charge is 0.481 e. The Kier molecular flexibility index (Phi) is 6.06. The van der Waals surface area contributed by atoms with Gasteiger partial charge in [0.1, 0.15) is 5.52 Å². The molecule has 0 unspecified atom stereocenters. The molecule has 4 aromatic rings.